The van der Waals surface area contributed by atoms with E-state index in [1.165, 1.54) is 5.39 Å². The summed E-state index contributed by atoms with van der Waals surface area (Å²) in [6.07, 6.45) is -0.466. The Morgan fingerprint density at radius 1 is 1.04 bits per heavy atom. The van der Waals surface area contributed by atoms with Gasteiger partial charge in [0.2, 0.25) is 0 Å². The number of hydrogen-bond acceptors (Lipinski definition) is 4. The molecular weight excluding hydrogens is 380 g/mol. The third-order valence-corrected chi connectivity index (χ3v) is 5.32. The van der Waals surface area contributed by atoms with Gasteiger partial charge in [0.1, 0.15) is 18.5 Å². The fourth-order valence-corrected chi connectivity index (χ4v) is 3.67. The maximum atomic E-state index is 10.3. The van der Waals surface area contributed by atoms with Crippen LogP contribution in [-0.4, -0.2) is 66.4 Å². The van der Waals surface area contributed by atoms with Crippen LogP contribution in [0.15, 0.2) is 40.9 Å². The number of nitrogens with zero attached hydrogens (tertiary/aromatic N) is 2. The number of hydrogen-bond donors (Lipinski definition) is 1. The van der Waals surface area contributed by atoms with Crippen molar-refractivity contribution in [3.63, 3.8) is 0 Å². The van der Waals surface area contributed by atoms with Crippen LogP contribution in [0.2, 0.25) is 0 Å². The van der Waals surface area contributed by atoms with Gasteiger partial charge in [-0.05, 0) is 48.9 Å². The lowest BCUT2D eigenvalue weighted by Gasteiger charge is -2.37. The average Bonchev–Trinajstić information content (AvgIpc) is 2.60. The quantitative estimate of drug-likeness (QED) is 0.797. The topological polar surface area (TPSA) is 35.9 Å². The van der Waals surface area contributed by atoms with E-state index in [4.69, 9.17) is 4.74 Å². The number of fused-ring (bicyclic) bond motifs is 1. The van der Waals surface area contributed by atoms with Crippen molar-refractivity contribution >= 4 is 26.7 Å². The van der Waals surface area contributed by atoms with Crippen LogP contribution in [-0.2, 0) is 0 Å². The molecule has 0 aromatic heterocycles. The van der Waals surface area contributed by atoms with Gasteiger partial charge in [-0.2, -0.15) is 0 Å². The van der Waals surface area contributed by atoms with Crippen molar-refractivity contribution in [2.75, 3.05) is 39.3 Å². The molecule has 1 fully saturated rings. The number of piperazine rings is 1. The van der Waals surface area contributed by atoms with E-state index in [9.17, 15) is 5.11 Å². The van der Waals surface area contributed by atoms with Crippen LogP contribution in [0.5, 0.6) is 5.75 Å². The molecule has 3 rings (SSSR count). The standard InChI is InChI=1S/C20H27BrN2O2/c1-15(2)23-9-7-22(8-10-23)13-19(24)14-25-20-6-4-16-11-18(21)5-3-17(16)12-20/h3-6,11-12,15,19,24H,7-10,13-14H2,1-2H3. The van der Waals surface area contributed by atoms with Crippen molar-refractivity contribution in [2.45, 2.75) is 26.0 Å². The number of rotatable bonds is 6. The molecule has 2 aromatic rings. The number of aliphatic hydroxyl groups excluding tert-OH is 1. The summed E-state index contributed by atoms with van der Waals surface area (Å²) in [6, 6.07) is 12.8. The van der Waals surface area contributed by atoms with Crippen LogP contribution in [0, 0.1) is 0 Å². The third-order valence-electron chi connectivity index (χ3n) is 4.82. The van der Waals surface area contributed by atoms with Crippen molar-refractivity contribution in [1.29, 1.82) is 0 Å². The smallest absolute Gasteiger partial charge is 0.120 e. The Morgan fingerprint density at radius 3 is 2.44 bits per heavy atom. The second-order valence-electron chi connectivity index (χ2n) is 7.05. The molecule has 1 heterocycles. The van der Waals surface area contributed by atoms with Crippen LogP contribution >= 0.6 is 15.9 Å². The van der Waals surface area contributed by atoms with Gasteiger partial charge in [0.05, 0.1) is 0 Å². The molecule has 2 aromatic carbocycles. The van der Waals surface area contributed by atoms with Gasteiger partial charge in [0.15, 0.2) is 0 Å². The van der Waals surface area contributed by atoms with Gasteiger partial charge in [0.25, 0.3) is 0 Å². The summed E-state index contributed by atoms with van der Waals surface area (Å²) in [6.45, 7) is 9.65. The van der Waals surface area contributed by atoms with Crippen molar-refractivity contribution in [3.8, 4) is 5.75 Å². The number of benzene rings is 2. The second kappa shape index (κ2) is 8.49. The summed E-state index contributed by atoms with van der Waals surface area (Å²) in [7, 11) is 0. The molecule has 1 unspecified atom stereocenters. The van der Waals surface area contributed by atoms with Gasteiger partial charge in [-0.3, -0.25) is 9.80 Å². The predicted octanol–water partition coefficient (Wildman–Crippen LogP) is 3.37. The van der Waals surface area contributed by atoms with Crippen LogP contribution in [0.4, 0.5) is 0 Å². The van der Waals surface area contributed by atoms with Gasteiger partial charge in [-0.1, -0.05) is 28.1 Å². The van der Waals surface area contributed by atoms with Crippen LogP contribution in [0.3, 0.4) is 0 Å². The van der Waals surface area contributed by atoms with E-state index in [0.29, 0.717) is 19.2 Å². The summed E-state index contributed by atoms with van der Waals surface area (Å²) in [4.78, 5) is 4.80. The van der Waals surface area contributed by atoms with Crippen molar-refractivity contribution in [3.05, 3.63) is 40.9 Å². The van der Waals surface area contributed by atoms with Gasteiger partial charge >= 0.3 is 0 Å². The van der Waals surface area contributed by atoms with E-state index < -0.39 is 6.10 Å². The Balaban J connectivity index is 1.47. The highest BCUT2D eigenvalue weighted by Crippen LogP contribution is 2.24. The summed E-state index contributed by atoms with van der Waals surface area (Å²) >= 11 is 3.49. The van der Waals surface area contributed by atoms with Crippen molar-refractivity contribution < 1.29 is 9.84 Å². The van der Waals surface area contributed by atoms with E-state index in [2.05, 4.69) is 51.7 Å². The molecule has 5 heteroatoms. The maximum absolute atomic E-state index is 10.3. The molecule has 4 nitrogen and oxygen atoms in total. The van der Waals surface area contributed by atoms with Crippen LogP contribution in [0.25, 0.3) is 10.8 Å². The van der Waals surface area contributed by atoms with E-state index >= 15 is 0 Å². The Hall–Kier alpha value is -1.14. The Kier molecular flexibility index (Phi) is 6.34. The maximum Gasteiger partial charge on any atom is 0.120 e. The molecule has 0 spiro atoms. The zero-order chi connectivity index (χ0) is 17.8. The fourth-order valence-electron chi connectivity index (χ4n) is 3.29. The van der Waals surface area contributed by atoms with Crippen molar-refractivity contribution in [1.82, 2.24) is 9.80 Å². The molecule has 1 aliphatic rings. The molecule has 0 saturated carbocycles. The average molecular weight is 407 g/mol. The van der Waals surface area contributed by atoms with Crippen molar-refractivity contribution in [2.24, 2.45) is 0 Å². The Morgan fingerprint density at radius 2 is 1.72 bits per heavy atom. The lowest BCUT2D eigenvalue weighted by Crippen LogP contribution is -2.51. The fraction of sp³-hybridized carbons (Fsp3) is 0.500. The Bertz CT molecular complexity index is 699. The molecule has 1 atom stereocenters. The highest BCUT2D eigenvalue weighted by atomic mass is 79.9. The van der Waals surface area contributed by atoms with E-state index in [-0.39, 0.29) is 0 Å². The molecular formula is C20H27BrN2O2. The Labute approximate surface area is 158 Å². The minimum Gasteiger partial charge on any atom is -0.491 e. The van der Waals surface area contributed by atoms with Crippen LogP contribution in [0.1, 0.15) is 13.8 Å². The first kappa shape index (κ1) is 18.6. The second-order valence-corrected chi connectivity index (χ2v) is 7.96. The van der Waals surface area contributed by atoms with Gasteiger partial charge in [-0.25, -0.2) is 0 Å². The SMILES string of the molecule is CC(C)N1CCN(CC(O)COc2ccc3cc(Br)ccc3c2)CC1. The molecule has 25 heavy (non-hydrogen) atoms. The molecule has 0 bridgehead atoms. The molecule has 0 amide bonds. The molecule has 1 N–H and O–H groups in total. The molecule has 1 saturated heterocycles. The van der Waals surface area contributed by atoms with Gasteiger partial charge in [-0.15, -0.1) is 0 Å². The summed E-state index contributed by atoms with van der Waals surface area (Å²) in [5.41, 5.74) is 0. The molecule has 1 aliphatic heterocycles. The molecule has 0 radical (unpaired) electrons. The minimum atomic E-state index is -0.466. The van der Waals surface area contributed by atoms with E-state index in [1.54, 1.807) is 0 Å². The lowest BCUT2D eigenvalue weighted by molar-refractivity contribution is 0.0400. The highest BCUT2D eigenvalue weighted by molar-refractivity contribution is 9.10. The summed E-state index contributed by atoms with van der Waals surface area (Å²) < 4.78 is 6.88. The third kappa shape index (κ3) is 5.17. The van der Waals surface area contributed by atoms with E-state index in [0.717, 1.165) is 41.8 Å². The zero-order valence-corrected chi connectivity index (χ0v) is 16.6. The van der Waals surface area contributed by atoms with Gasteiger partial charge in [0, 0.05) is 43.2 Å². The monoisotopic (exact) mass is 406 g/mol. The first-order valence-electron chi connectivity index (χ1n) is 8.98. The summed E-state index contributed by atoms with van der Waals surface area (Å²) in [5, 5.41) is 12.6. The van der Waals surface area contributed by atoms with E-state index in [1.807, 2.05) is 24.3 Å². The normalized spacial score (nSPS) is 18.0. The number of ether oxygens (including phenoxy) is 1. The summed E-state index contributed by atoms with van der Waals surface area (Å²) in [5.74, 6) is 0.804. The largest absolute Gasteiger partial charge is 0.491 e. The minimum absolute atomic E-state index is 0.326. The number of halogens is 1. The van der Waals surface area contributed by atoms with Crippen LogP contribution < -0.4 is 4.74 Å². The molecule has 0 aliphatic carbocycles. The lowest BCUT2D eigenvalue weighted by atomic mass is 10.1. The first-order chi connectivity index (χ1) is 12.0. The number of aliphatic hydroxyl groups is 1. The van der Waals surface area contributed by atoms with Gasteiger partial charge < -0.3 is 9.84 Å². The first-order valence-corrected chi connectivity index (χ1v) is 9.77. The zero-order valence-electron chi connectivity index (χ0n) is 15.0. The molecule has 136 valence electrons. The number of β-amino-alcohol motifs (C(OH)–C–C–N with tert-alkyl or cyclic N) is 1. The predicted molar refractivity (Wildman–Crippen MR) is 106 cm³/mol. The highest BCUT2D eigenvalue weighted by Gasteiger charge is 2.20.